The summed E-state index contributed by atoms with van der Waals surface area (Å²) in [5.41, 5.74) is 3.03. The van der Waals surface area contributed by atoms with Crippen LogP contribution in [0.3, 0.4) is 0 Å². The zero-order chi connectivity index (χ0) is 29.0. The zero-order valence-corrected chi connectivity index (χ0v) is 23.3. The Labute approximate surface area is 241 Å². The number of rotatable bonds is 8. The first-order valence-corrected chi connectivity index (χ1v) is 14.6. The second-order valence-electron chi connectivity index (χ2n) is 9.41. The molecule has 1 saturated heterocycles. The Kier molecular flexibility index (Phi) is 8.54. The van der Waals surface area contributed by atoms with Gasteiger partial charge in [0.25, 0.3) is 0 Å². The molecule has 3 aromatic rings. The lowest BCUT2D eigenvalue weighted by Crippen LogP contribution is -2.40. The number of morpholine rings is 1. The van der Waals surface area contributed by atoms with Crippen LogP contribution in [0.4, 0.5) is 10.6 Å². The number of pyridine rings is 1. The number of aromatic nitrogens is 1. The number of hydrogen-bond donors (Lipinski definition) is 3. The van der Waals surface area contributed by atoms with Gasteiger partial charge in [-0.2, -0.15) is 4.31 Å². The maximum Gasteiger partial charge on any atom is 0.410 e. The molecule has 3 heterocycles. The number of fused-ring (bicyclic) bond motifs is 1. The maximum atomic E-state index is 13.1. The summed E-state index contributed by atoms with van der Waals surface area (Å²) in [5.74, 6) is 0.393. The van der Waals surface area contributed by atoms with Gasteiger partial charge in [0.1, 0.15) is 17.7 Å². The minimum absolute atomic E-state index is 0.193. The molecule has 1 fully saturated rings. The molecule has 5 rings (SSSR count). The molecule has 13 heteroatoms. The summed E-state index contributed by atoms with van der Waals surface area (Å²) < 4.78 is 38.9. The molecule has 0 aliphatic carbocycles. The van der Waals surface area contributed by atoms with Gasteiger partial charge in [0.05, 0.1) is 23.1 Å². The SMILES string of the molecule is O=C(O)Nc1ccc(CNC(=O)C=CC2Cc3cc(-c4cccc(S(=O)(=O)N5CCOCC5)c4)cc(Cl)c3O2)cn1. The Morgan fingerprint density at radius 3 is 2.66 bits per heavy atom. The summed E-state index contributed by atoms with van der Waals surface area (Å²) in [6, 6.07) is 13.6. The number of hydrogen-bond acceptors (Lipinski definition) is 7. The molecule has 0 spiro atoms. The highest BCUT2D eigenvalue weighted by molar-refractivity contribution is 7.89. The first-order valence-electron chi connectivity index (χ1n) is 12.8. The molecule has 2 aromatic carbocycles. The number of ether oxygens (including phenoxy) is 2. The number of nitrogens with one attached hydrogen (secondary N) is 2. The molecule has 11 nitrogen and oxygen atoms in total. The fraction of sp³-hybridized carbons (Fsp3) is 0.250. The Balaban J connectivity index is 1.22. The van der Waals surface area contributed by atoms with Crippen molar-refractivity contribution in [1.82, 2.24) is 14.6 Å². The molecule has 0 bridgehead atoms. The van der Waals surface area contributed by atoms with Crippen LogP contribution >= 0.6 is 11.6 Å². The van der Waals surface area contributed by atoms with Crippen molar-refractivity contribution in [1.29, 1.82) is 0 Å². The third-order valence-corrected chi connectivity index (χ3v) is 8.75. The fourth-order valence-electron chi connectivity index (χ4n) is 4.55. The molecule has 0 saturated carbocycles. The molecule has 2 amide bonds. The number of sulfonamides is 1. The Bertz CT molecular complexity index is 1590. The molecular weight excluding hydrogens is 572 g/mol. The van der Waals surface area contributed by atoms with E-state index in [0.29, 0.717) is 54.6 Å². The van der Waals surface area contributed by atoms with Crippen molar-refractivity contribution in [3.63, 3.8) is 0 Å². The number of amides is 2. The maximum absolute atomic E-state index is 13.1. The molecule has 41 heavy (non-hydrogen) atoms. The normalized spacial score (nSPS) is 17.1. The molecule has 2 aliphatic heterocycles. The van der Waals surface area contributed by atoms with Crippen molar-refractivity contribution < 1.29 is 32.6 Å². The number of carboxylic acid groups (broad SMARTS) is 1. The zero-order valence-electron chi connectivity index (χ0n) is 21.7. The number of benzene rings is 2. The first-order chi connectivity index (χ1) is 19.7. The molecular formula is C28H27ClN4O7S. The van der Waals surface area contributed by atoms with Crippen molar-refractivity contribution in [2.24, 2.45) is 0 Å². The van der Waals surface area contributed by atoms with Crippen molar-refractivity contribution in [3.8, 4) is 16.9 Å². The molecule has 1 atom stereocenters. The van der Waals surface area contributed by atoms with Gasteiger partial charge in [0, 0.05) is 43.9 Å². The third kappa shape index (κ3) is 6.85. The van der Waals surface area contributed by atoms with Crippen LogP contribution < -0.4 is 15.4 Å². The molecule has 3 N–H and O–H groups in total. The standard InChI is InChI=1S/C28H27ClN4O7S/c29-24-15-20(19-2-1-3-23(14-19)41(37,38)33-8-10-39-11-9-33)12-21-13-22(40-27(21)24)5-7-26(34)31-17-18-4-6-25(30-16-18)32-28(35)36/h1-7,12,14-16,22H,8-11,13,17H2,(H,30,32)(H,31,34)(H,35,36). The van der Waals surface area contributed by atoms with E-state index in [2.05, 4.69) is 15.6 Å². The summed E-state index contributed by atoms with van der Waals surface area (Å²) >= 11 is 6.55. The predicted octanol–water partition coefficient (Wildman–Crippen LogP) is 3.69. The molecule has 214 valence electrons. The lowest BCUT2D eigenvalue weighted by molar-refractivity contribution is -0.116. The van der Waals surface area contributed by atoms with Crippen molar-refractivity contribution in [2.45, 2.75) is 24.0 Å². The average molecular weight is 599 g/mol. The lowest BCUT2D eigenvalue weighted by atomic mass is 10.0. The largest absolute Gasteiger partial charge is 0.484 e. The quantitative estimate of drug-likeness (QED) is 0.333. The van der Waals surface area contributed by atoms with E-state index in [-0.39, 0.29) is 23.2 Å². The van der Waals surface area contributed by atoms with E-state index in [1.165, 1.54) is 22.6 Å². The minimum atomic E-state index is -3.65. The van der Waals surface area contributed by atoms with Crippen molar-refractivity contribution in [3.05, 3.63) is 83.0 Å². The minimum Gasteiger partial charge on any atom is -0.484 e. The predicted molar refractivity (Wildman–Crippen MR) is 151 cm³/mol. The number of halogens is 1. The van der Waals surface area contributed by atoms with Gasteiger partial charge in [-0.3, -0.25) is 10.1 Å². The second kappa shape index (κ2) is 12.3. The summed E-state index contributed by atoms with van der Waals surface area (Å²) in [5, 5.41) is 14.0. The molecule has 1 aromatic heterocycles. The van der Waals surface area contributed by atoms with Gasteiger partial charge in [-0.15, -0.1) is 0 Å². The highest BCUT2D eigenvalue weighted by atomic mass is 35.5. The van der Waals surface area contributed by atoms with Crippen LogP contribution in [-0.4, -0.2) is 67.2 Å². The Morgan fingerprint density at radius 2 is 1.93 bits per heavy atom. The van der Waals surface area contributed by atoms with Gasteiger partial charge < -0.3 is 19.9 Å². The van der Waals surface area contributed by atoms with Crippen molar-refractivity contribution >= 4 is 39.4 Å². The van der Waals surface area contributed by atoms with E-state index in [1.54, 1.807) is 36.4 Å². The Morgan fingerprint density at radius 1 is 1.12 bits per heavy atom. The van der Waals surface area contributed by atoms with Crippen LogP contribution in [0, 0.1) is 0 Å². The summed E-state index contributed by atoms with van der Waals surface area (Å²) in [6.45, 7) is 1.59. The van der Waals surface area contributed by atoms with Gasteiger partial charge in [-0.1, -0.05) is 29.8 Å². The summed E-state index contributed by atoms with van der Waals surface area (Å²) in [4.78, 5) is 27.2. The van der Waals surface area contributed by atoms with E-state index in [9.17, 15) is 18.0 Å². The van der Waals surface area contributed by atoms with Crippen LogP contribution in [0.5, 0.6) is 5.75 Å². The van der Waals surface area contributed by atoms with Crippen molar-refractivity contribution in [2.75, 3.05) is 31.6 Å². The van der Waals surface area contributed by atoms with Crippen LogP contribution in [0.25, 0.3) is 11.1 Å². The highest BCUT2D eigenvalue weighted by Crippen LogP contribution is 2.40. The van der Waals surface area contributed by atoms with E-state index in [4.69, 9.17) is 26.2 Å². The third-order valence-electron chi connectivity index (χ3n) is 6.57. The van der Waals surface area contributed by atoms with E-state index in [0.717, 1.165) is 11.1 Å². The van der Waals surface area contributed by atoms with Gasteiger partial charge in [0.15, 0.2) is 0 Å². The topological polar surface area (TPSA) is 147 Å². The number of nitrogens with zero attached hydrogens (tertiary/aromatic N) is 2. The van der Waals surface area contributed by atoms with E-state index >= 15 is 0 Å². The first kappa shape index (κ1) is 28.6. The summed E-state index contributed by atoms with van der Waals surface area (Å²) in [7, 11) is -3.65. The van der Waals surface area contributed by atoms with Gasteiger partial charge in [0.2, 0.25) is 15.9 Å². The lowest BCUT2D eigenvalue weighted by Gasteiger charge is -2.26. The van der Waals surface area contributed by atoms with Gasteiger partial charge in [-0.05, 0) is 53.1 Å². The fourth-order valence-corrected chi connectivity index (χ4v) is 6.28. The second-order valence-corrected chi connectivity index (χ2v) is 11.8. The summed E-state index contributed by atoms with van der Waals surface area (Å²) in [6.07, 6.45) is 3.39. The smallest absolute Gasteiger partial charge is 0.410 e. The van der Waals surface area contributed by atoms with Crippen LogP contribution in [0.2, 0.25) is 5.02 Å². The number of anilines is 1. The molecule has 2 aliphatic rings. The van der Waals surface area contributed by atoms with Crippen LogP contribution in [-0.2, 0) is 32.5 Å². The monoisotopic (exact) mass is 598 g/mol. The van der Waals surface area contributed by atoms with E-state index < -0.39 is 22.2 Å². The molecule has 0 radical (unpaired) electrons. The Hall–Kier alpha value is -3.97. The van der Waals surface area contributed by atoms with Gasteiger partial charge in [-0.25, -0.2) is 18.2 Å². The molecule has 1 unspecified atom stereocenters. The van der Waals surface area contributed by atoms with Crippen LogP contribution in [0.15, 0.2) is 71.8 Å². The number of carbonyl (C=O) groups is 2. The highest BCUT2D eigenvalue weighted by Gasteiger charge is 2.28. The van der Waals surface area contributed by atoms with Crippen LogP contribution in [0.1, 0.15) is 11.1 Å². The average Bonchev–Trinajstić information content (AvgIpc) is 3.40. The van der Waals surface area contributed by atoms with Gasteiger partial charge >= 0.3 is 6.09 Å². The van der Waals surface area contributed by atoms with E-state index in [1.807, 2.05) is 12.1 Å². The number of carbonyl (C=O) groups excluding carboxylic acids is 1.